The first-order chi connectivity index (χ1) is 15.9. The van der Waals surface area contributed by atoms with Gasteiger partial charge in [0, 0.05) is 48.8 Å². The second-order valence-electron chi connectivity index (χ2n) is 9.22. The summed E-state index contributed by atoms with van der Waals surface area (Å²) in [5, 5.41) is 4.22. The first kappa shape index (κ1) is 24.1. The molecule has 1 fully saturated rings. The van der Waals surface area contributed by atoms with E-state index in [1.165, 1.54) is 22.3 Å². The molecule has 184 valence electrons. The van der Waals surface area contributed by atoms with Crippen LogP contribution in [0.2, 0.25) is 0 Å². The summed E-state index contributed by atoms with van der Waals surface area (Å²) in [5.74, 6) is 0.149. The summed E-state index contributed by atoms with van der Waals surface area (Å²) in [5.41, 5.74) is -0.440. The fourth-order valence-electron chi connectivity index (χ4n) is 4.27. The fourth-order valence-corrected chi connectivity index (χ4v) is 4.27. The zero-order chi connectivity index (χ0) is 24.8. The lowest BCUT2D eigenvalue weighted by molar-refractivity contribution is -0.138. The first-order valence-corrected chi connectivity index (χ1v) is 11.2. The fraction of sp³-hybridized carbons (Fsp3) is 0.522. The average molecular weight is 479 g/mol. The van der Waals surface area contributed by atoms with Crippen LogP contribution in [0.4, 0.5) is 19.0 Å². The SMILES string of the molecule is CCn1cc(Cn2c(C)cn(-c3nc(N4CCOC(C)(C)C4)cc(C(F)(F)F)c3C)c2=O)cn1. The smallest absolute Gasteiger partial charge is 0.372 e. The molecule has 0 aromatic carbocycles. The van der Waals surface area contributed by atoms with Crippen molar-refractivity contribution in [2.24, 2.45) is 0 Å². The molecule has 0 aliphatic carbocycles. The third-order valence-corrected chi connectivity index (χ3v) is 6.05. The minimum absolute atomic E-state index is 0.0229. The Kier molecular flexibility index (Phi) is 6.09. The standard InChI is InChI=1S/C23H29F3N6O2/c1-6-30-12-17(10-27-30)13-31-15(2)11-32(21(31)33)20-16(3)18(23(24,25)26)9-19(28-20)29-7-8-34-22(4,5)14-29/h9-12H,6-8,13-14H2,1-5H3. The Balaban J connectivity index is 1.81. The van der Waals surface area contributed by atoms with Crippen molar-refractivity contribution in [3.63, 3.8) is 0 Å². The number of halogens is 3. The van der Waals surface area contributed by atoms with Gasteiger partial charge in [-0.3, -0.25) is 13.8 Å². The summed E-state index contributed by atoms with van der Waals surface area (Å²) in [4.78, 5) is 19.6. The zero-order valence-corrected chi connectivity index (χ0v) is 20.0. The van der Waals surface area contributed by atoms with Crippen molar-refractivity contribution in [1.29, 1.82) is 0 Å². The second-order valence-corrected chi connectivity index (χ2v) is 9.22. The van der Waals surface area contributed by atoms with Crippen LogP contribution >= 0.6 is 0 Å². The molecule has 4 heterocycles. The van der Waals surface area contributed by atoms with E-state index in [0.717, 1.165) is 11.6 Å². The molecule has 0 atom stereocenters. The molecule has 0 N–H and O–H groups in total. The average Bonchev–Trinajstić information content (AvgIpc) is 3.32. The predicted molar refractivity (Wildman–Crippen MR) is 122 cm³/mol. The highest BCUT2D eigenvalue weighted by atomic mass is 19.4. The van der Waals surface area contributed by atoms with Gasteiger partial charge in [0.1, 0.15) is 11.6 Å². The summed E-state index contributed by atoms with van der Waals surface area (Å²) in [6.07, 6.45) is 0.470. The van der Waals surface area contributed by atoms with E-state index in [1.807, 2.05) is 27.0 Å². The van der Waals surface area contributed by atoms with E-state index in [-0.39, 0.29) is 23.7 Å². The van der Waals surface area contributed by atoms with Crippen LogP contribution in [-0.4, -0.2) is 49.2 Å². The van der Waals surface area contributed by atoms with E-state index in [9.17, 15) is 18.0 Å². The molecule has 34 heavy (non-hydrogen) atoms. The lowest BCUT2D eigenvalue weighted by Crippen LogP contribution is -2.48. The number of morpholine rings is 1. The molecular formula is C23H29F3N6O2. The lowest BCUT2D eigenvalue weighted by atomic mass is 10.1. The molecule has 0 radical (unpaired) electrons. The highest BCUT2D eigenvalue weighted by molar-refractivity contribution is 5.53. The van der Waals surface area contributed by atoms with Crippen molar-refractivity contribution in [2.75, 3.05) is 24.6 Å². The topological polar surface area (TPSA) is 70.1 Å². The van der Waals surface area contributed by atoms with E-state index in [1.54, 1.807) is 22.7 Å². The van der Waals surface area contributed by atoms with Gasteiger partial charge in [0.05, 0.1) is 30.5 Å². The van der Waals surface area contributed by atoms with Gasteiger partial charge in [-0.15, -0.1) is 0 Å². The van der Waals surface area contributed by atoms with E-state index in [2.05, 4.69) is 10.1 Å². The summed E-state index contributed by atoms with van der Waals surface area (Å²) in [6, 6.07) is 1.06. The van der Waals surface area contributed by atoms with Crippen molar-refractivity contribution in [3.8, 4) is 5.82 Å². The molecule has 0 bridgehead atoms. The Bertz CT molecular complexity index is 1250. The molecule has 0 amide bonds. The molecule has 3 aromatic rings. The molecule has 8 nitrogen and oxygen atoms in total. The molecule has 3 aromatic heterocycles. The second kappa shape index (κ2) is 8.61. The minimum Gasteiger partial charge on any atom is -0.372 e. The van der Waals surface area contributed by atoms with Gasteiger partial charge in [0.15, 0.2) is 0 Å². The van der Waals surface area contributed by atoms with Crippen LogP contribution in [-0.2, 0) is 24.0 Å². The summed E-state index contributed by atoms with van der Waals surface area (Å²) < 4.78 is 52.1. The minimum atomic E-state index is -4.59. The Hall–Kier alpha value is -3.08. The third kappa shape index (κ3) is 4.61. The van der Waals surface area contributed by atoms with Gasteiger partial charge in [0.2, 0.25) is 0 Å². The van der Waals surface area contributed by atoms with E-state index in [4.69, 9.17) is 4.74 Å². The number of aromatic nitrogens is 5. The quantitative estimate of drug-likeness (QED) is 0.561. The lowest BCUT2D eigenvalue weighted by Gasteiger charge is -2.39. The van der Waals surface area contributed by atoms with Crippen LogP contribution in [0.5, 0.6) is 0 Å². The Morgan fingerprint density at radius 3 is 2.56 bits per heavy atom. The van der Waals surface area contributed by atoms with Crippen LogP contribution in [0.3, 0.4) is 0 Å². The monoisotopic (exact) mass is 478 g/mol. The van der Waals surface area contributed by atoms with Crippen LogP contribution in [0.1, 0.15) is 43.2 Å². The number of hydrogen-bond donors (Lipinski definition) is 0. The number of imidazole rings is 1. The summed E-state index contributed by atoms with van der Waals surface area (Å²) in [6.45, 7) is 11.0. The van der Waals surface area contributed by atoms with Gasteiger partial charge in [-0.2, -0.15) is 18.3 Å². The van der Waals surface area contributed by atoms with Crippen molar-refractivity contribution in [2.45, 2.75) is 59.5 Å². The number of hydrogen-bond acceptors (Lipinski definition) is 5. The number of nitrogens with zero attached hydrogens (tertiary/aromatic N) is 6. The van der Waals surface area contributed by atoms with Crippen molar-refractivity contribution < 1.29 is 17.9 Å². The third-order valence-electron chi connectivity index (χ3n) is 6.05. The van der Waals surface area contributed by atoms with Crippen LogP contribution in [0.15, 0.2) is 29.5 Å². The Labute approximate surface area is 195 Å². The largest absolute Gasteiger partial charge is 0.416 e. The molecule has 1 saturated heterocycles. The number of alkyl halides is 3. The molecule has 0 saturated carbocycles. The number of pyridine rings is 1. The molecule has 4 rings (SSSR count). The predicted octanol–water partition coefficient (Wildman–Crippen LogP) is 3.55. The highest BCUT2D eigenvalue weighted by Crippen LogP contribution is 2.36. The van der Waals surface area contributed by atoms with Crippen molar-refractivity contribution >= 4 is 5.82 Å². The number of ether oxygens (including phenoxy) is 1. The summed E-state index contributed by atoms with van der Waals surface area (Å²) in [7, 11) is 0. The molecule has 1 aliphatic rings. The molecule has 1 aliphatic heterocycles. The Morgan fingerprint density at radius 2 is 1.94 bits per heavy atom. The first-order valence-electron chi connectivity index (χ1n) is 11.2. The van der Waals surface area contributed by atoms with Crippen molar-refractivity contribution in [1.82, 2.24) is 23.9 Å². The number of anilines is 1. The van der Waals surface area contributed by atoms with E-state index >= 15 is 0 Å². The highest BCUT2D eigenvalue weighted by Gasteiger charge is 2.36. The normalized spacial score (nSPS) is 16.3. The Morgan fingerprint density at radius 1 is 1.21 bits per heavy atom. The van der Waals surface area contributed by atoms with Gasteiger partial charge in [-0.25, -0.2) is 9.78 Å². The van der Waals surface area contributed by atoms with E-state index < -0.39 is 23.0 Å². The maximum atomic E-state index is 14.0. The van der Waals surface area contributed by atoms with E-state index in [0.29, 0.717) is 31.9 Å². The van der Waals surface area contributed by atoms with Crippen LogP contribution in [0, 0.1) is 13.8 Å². The molecule has 11 heteroatoms. The number of aryl methyl sites for hydroxylation is 2. The van der Waals surface area contributed by atoms with Gasteiger partial charge in [-0.05, 0) is 40.7 Å². The van der Waals surface area contributed by atoms with Gasteiger partial charge >= 0.3 is 11.9 Å². The molecular weight excluding hydrogens is 449 g/mol. The van der Waals surface area contributed by atoms with Crippen LogP contribution in [0.25, 0.3) is 5.82 Å². The molecule has 0 spiro atoms. The van der Waals surface area contributed by atoms with Crippen molar-refractivity contribution in [3.05, 3.63) is 57.5 Å². The maximum Gasteiger partial charge on any atom is 0.416 e. The van der Waals surface area contributed by atoms with Gasteiger partial charge < -0.3 is 9.64 Å². The van der Waals surface area contributed by atoms with Crippen LogP contribution < -0.4 is 10.6 Å². The maximum absolute atomic E-state index is 14.0. The van der Waals surface area contributed by atoms with Gasteiger partial charge in [0.25, 0.3) is 0 Å². The zero-order valence-electron chi connectivity index (χ0n) is 20.0. The summed E-state index contributed by atoms with van der Waals surface area (Å²) >= 11 is 0. The van der Waals surface area contributed by atoms with Gasteiger partial charge in [-0.1, -0.05) is 0 Å². The number of rotatable bonds is 5. The molecule has 0 unspecified atom stereocenters.